The highest BCUT2D eigenvalue weighted by Gasteiger charge is 2.30. The quantitative estimate of drug-likeness (QED) is 0.0222. The minimum absolute atomic E-state index is 0.108. The third-order valence-electron chi connectivity index (χ3n) is 19.9. The fraction of sp³-hybridized carbons (Fsp3) is 0.953. The molecule has 0 radical (unpaired) electrons. The maximum Gasteiger partial charge on any atom is 0.472 e. The van der Waals surface area contributed by atoms with Crippen LogP contribution in [0.2, 0.25) is 0 Å². The highest BCUT2D eigenvalue weighted by molar-refractivity contribution is 7.47. The molecule has 17 nitrogen and oxygen atoms in total. The van der Waals surface area contributed by atoms with Crippen molar-refractivity contribution in [3.8, 4) is 0 Å². The van der Waals surface area contributed by atoms with Crippen molar-refractivity contribution in [3.63, 3.8) is 0 Å². The van der Waals surface area contributed by atoms with E-state index in [9.17, 15) is 43.2 Å². The van der Waals surface area contributed by atoms with E-state index in [4.69, 9.17) is 37.0 Å². The third kappa shape index (κ3) is 78.2. The molecule has 0 spiro atoms. The number of carbonyl (C=O) groups excluding carboxylic acids is 4. The predicted octanol–water partition coefficient (Wildman–Crippen LogP) is 25.7. The van der Waals surface area contributed by atoms with Crippen LogP contribution in [-0.4, -0.2) is 96.7 Å². The SMILES string of the molecule is CCCCCCCCCCCCCC(=O)OC[C@H](COP(=O)(O)OC[C@H](O)COP(=O)(O)OC[C@@H](COC(=O)CCCCCCCCCCCCCCCCCC(C)C)OC(=O)CCCCCCCCCCCCCCCCCC(C)C)OC(=O)CCCCCCCCCCCCCCCCC(C)C. The number of rotatable bonds is 83. The van der Waals surface area contributed by atoms with E-state index in [1.165, 1.54) is 257 Å². The topological polar surface area (TPSA) is 237 Å². The molecule has 0 aromatic heterocycles. The van der Waals surface area contributed by atoms with Crippen LogP contribution in [-0.2, 0) is 65.4 Å². The highest BCUT2D eigenvalue weighted by Crippen LogP contribution is 2.45. The molecule has 618 valence electrons. The summed E-state index contributed by atoms with van der Waals surface area (Å²) in [4.78, 5) is 73.2. The van der Waals surface area contributed by atoms with Gasteiger partial charge in [-0.1, -0.05) is 395 Å². The van der Waals surface area contributed by atoms with Gasteiger partial charge in [-0.3, -0.25) is 37.3 Å². The molecular weight excluding hydrogens is 1350 g/mol. The molecule has 0 saturated heterocycles. The highest BCUT2D eigenvalue weighted by atomic mass is 31.2. The van der Waals surface area contributed by atoms with Crippen LogP contribution in [0.15, 0.2) is 0 Å². The lowest BCUT2D eigenvalue weighted by molar-refractivity contribution is -0.161. The van der Waals surface area contributed by atoms with E-state index < -0.39 is 97.5 Å². The number of hydrogen-bond acceptors (Lipinski definition) is 15. The number of carbonyl (C=O) groups is 4. The maximum atomic E-state index is 13.1. The van der Waals surface area contributed by atoms with E-state index in [2.05, 4.69) is 48.5 Å². The first kappa shape index (κ1) is 102. The van der Waals surface area contributed by atoms with Crippen LogP contribution >= 0.6 is 15.6 Å². The van der Waals surface area contributed by atoms with Gasteiger partial charge in [0, 0.05) is 25.7 Å². The van der Waals surface area contributed by atoms with Crippen molar-refractivity contribution in [2.45, 2.75) is 465 Å². The Morgan fingerprint density at radius 3 is 0.654 bits per heavy atom. The number of hydrogen-bond donors (Lipinski definition) is 3. The Balaban J connectivity index is 5.25. The fourth-order valence-corrected chi connectivity index (χ4v) is 14.8. The first-order valence-corrected chi connectivity index (χ1v) is 46.8. The van der Waals surface area contributed by atoms with Crippen LogP contribution in [0.3, 0.4) is 0 Å². The lowest BCUT2D eigenvalue weighted by Gasteiger charge is -2.21. The van der Waals surface area contributed by atoms with E-state index in [1.54, 1.807) is 0 Å². The summed E-state index contributed by atoms with van der Waals surface area (Å²) in [5.41, 5.74) is 0. The van der Waals surface area contributed by atoms with E-state index in [0.717, 1.165) is 108 Å². The van der Waals surface area contributed by atoms with E-state index >= 15 is 0 Å². The molecule has 19 heteroatoms. The van der Waals surface area contributed by atoms with Gasteiger partial charge in [-0.15, -0.1) is 0 Å². The van der Waals surface area contributed by atoms with Crippen LogP contribution < -0.4 is 0 Å². The molecule has 0 aliphatic heterocycles. The van der Waals surface area contributed by atoms with Crippen molar-refractivity contribution in [2.24, 2.45) is 17.8 Å². The summed E-state index contributed by atoms with van der Waals surface area (Å²) in [5.74, 6) is 0.300. The molecule has 104 heavy (non-hydrogen) atoms. The van der Waals surface area contributed by atoms with Gasteiger partial charge in [-0.25, -0.2) is 9.13 Å². The third-order valence-corrected chi connectivity index (χ3v) is 21.8. The summed E-state index contributed by atoms with van der Waals surface area (Å²) in [7, 11) is -9.93. The van der Waals surface area contributed by atoms with E-state index in [0.29, 0.717) is 25.7 Å². The minimum atomic E-state index is -4.97. The smallest absolute Gasteiger partial charge is 0.462 e. The Morgan fingerprint density at radius 2 is 0.442 bits per heavy atom. The maximum absolute atomic E-state index is 13.1. The molecule has 0 aromatic carbocycles. The summed E-state index contributed by atoms with van der Waals surface area (Å²) >= 11 is 0. The number of aliphatic hydroxyl groups is 1. The number of phosphoric ester groups is 2. The monoisotopic (exact) mass is 1520 g/mol. The molecule has 0 amide bonds. The largest absolute Gasteiger partial charge is 0.472 e. The van der Waals surface area contributed by atoms with Gasteiger partial charge in [-0.05, 0) is 43.4 Å². The first-order valence-electron chi connectivity index (χ1n) is 43.8. The van der Waals surface area contributed by atoms with Crippen molar-refractivity contribution in [3.05, 3.63) is 0 Å². The molecule has 0 fully saturated rings. The van der Waals surface area contributed by atoms with Crippen molar-refractivity contribution in [2.75, 3.05) is 39.6 Å². The fourth-order valence-electron chi connectivity index (χ4n) is 13.2. The lowest BCUT2D eigenvalue weighted by atomic mass is 10.0. The second-order valence-electron chi connectivity index (χ2n) is 32.0. The van der Waals surface area contributed by atoms with Gasteiger partial charge in [0.05, 0.1) is 26.4 Å². The summed E-state index contributed by atoms with van der Waals surface area (Å²) in [6.45, 7) is 12.0. The Hall–Kier alpha value is -1.94. The molecule has 0 rings (SSSR count). The molecule has 0 bridgehead atoms. The van der Waals surface area contributed by atoms with Crippen molar-refractivity contribution in [1.82, 2.24) is 0 Å². The van der Waals surface area contributed by atoms with Gasteiger partial charge >= 0.3 is 39.5 Å². The molecule has 0 aliphatic carbocycles. The molecule has 0 saturated carbocycles. The van der Waals surface area contributed by atoms with Crippen LogP contribution in [0, 0.1) is 17.8 Å². The zero-order valence-electron chi connectivity index (χ0n) is 68.5. The molecule has 2 unspecified atom stereocenters. The second kappa shape index (κ2) is 75.1. The van der Waals surface area contributed by atoms with Gasteiger partial charge in [-0.2, -0.15) is 0 Å². The summed E-state index contributed by atoms with van der Waals surface area (Å²) in [5, 5.41) is 10.7. The average Bonchev–Trinajstić information content (AvgIpc) is 0.918. The van der Waals surface area contributed by atoms with E-state index in [-0.39, 0.29) is 25.7 Å². The van der Waals surface area contributed by atoms with Gasteiger partial charge in [0.1, 0.15) is 19.3 Å². The molecular formula is C85H166O17P2. The Labute approximate surface area is 638 Å². The molecule has 5 atom stereocenters. The minimum Gasteiger partial charge on any atom is -0.462 e. The Morgan fingerprint density at radius 1 is 0.260 bits per heavy atom. The average molecular weight is 1520 g/mol. The summed E-state index contributed by atoms with van der Waals surface area (Å²) < 4.78 is 68.9. The van der Waals surface area contributed by atoms with Gasteiger partial charge in [0.2, 0.25) is 0 Å². The van der Waals surface area contributed by atoms with Crippen molar-refractivity contribution in [1.29, 1.82) is 0 Å². The predicted molar refractivity (Wildman–Crippen MR) is 428 cm³/mol. The Bertz CT molecular complexity index is 2010. The van der Waals surface area contributed by atoms with Crippen LogP contribution in [0.5, 0.6) is 0 Å². The number of ether oxygens (including phenoxy) is 4. The standard InChI is InChI=1S/C85H166O17P2/c1-8-9-10-11-12-13-28-38-45-52-59-66-82(87)95-72-80(101-85(90)69-62-55-48-41-34-27-21-20-24-31-37-44-51-58-65-78(6)7)74-99-103(91,92)97-70-79(86)71-98-104(93,94)100-75-81(102-84(89)68-61-54-47-40-33-26-19-15-17-23-30-36-43-50-57-64-77(4)5)73-96-83(88)67-60-53-46-39-32-25-18-14-16-22-29-35-42-49-56-63-76(2)3/h76-81,86H,8-75H2,1-7H3,(H,91,92)(H,93,94)/t79-,80+,81+/m0/s1. The van der Waals surface area contributed by atoms with E-state index in [1.807, 2.05) is 0 Å². The Kier molecular flexibility index (Phi) is 73.7. The van der Waals surface area contributed by atoms with Crippen LogP contribution in [0.25, 0.3) is 0 Å². The normalized spacial score (nSPS) is 13.9. The zero-order chi connectivity index (χ0) is 76.5. The molecule has 0 aliphatic rings. The van der Waals surface area contributed by atoms with Crippen LogP contribution in [0.1, 0.15) is 447 Å². The van der Waals surface area contributed by atoms with Gasteiger partial charge in [0.25, 0.3) is 0 Å². The van der Waals surface area contributed by atoms with Gasteiger partial charge in [0.15, 0.2) is 12.2 Å². The number of esters is 4. The molecule has 0 heterocycles. The van der Waals surface area contributed by atoms with Crippen LogP contribution in [0.4, 0.5) is 0 Å². The zero-order valence-corrected chi connectivity index (χ0v) is 70.3. The second-order valence-corrected chi connectivity index (χ2v) is 34.9. The van der Waals surface area contributed by atoms with Crippen molar-refractivity contribution >= 4 is 39.5 Å². The van der Waals surface area contributed by atoms with Gasteiger partial charge < -0.3 is 33.8 Å². The number of aliphatic hydroxyl groups excluding tert-OH is 1. The van der Waals surface area contributed by atoms with Crippen molar-refractivity contribution < 1.29 is 80.2 Å². The first-order chi connectivity index (χ1) is 50.2. The summed E-state index contributed by atoms with van der Waals surface area (Å²) in [6.07, 6.45) is 65.1. The molecule has 3 N–H and O–H groups in total. The number of phosphoric acid groups is 2. The lowest BCUT2D eigenvalue weighted by Crippen LogP contribution is -2.30. The summed E-state index contributed by atoms with van der Waals surface area (Å²) in [6, 6.07) is 0. The molecule has 0 aromatic rings. The number of unbranched alkanes of at least 4 members (excludes halogenated alkanes) is 51.